The van der Waals surface area contributed by atoms with Crippen LogP contribution in [0.5, 0.6) is 5.75 Å². The number of nitrogens with zero attached hydrogens (tertiary/aromatic N) is 1. The standard InChI is InChI=1S/C14H16N2O3/c1-10-13(19-11(2)16-10)8-15-14(17)9-18-12-6-4-3-5-7-12/h3-7H,8-9H2,1-2H3,(H,15,17). The van der Waals surface area contributed by atoms with Crippen LogP contribution in [-0.2, 0) is 11.3 Å². The van der Waals surface area contributed by atoms with Gasteiger partial charge in [-0.05, 0) is 19.1 Å². The third-order valence-corrected chi connectivity index (χ3v) is 2.56. The largest absolute Gasteiger partial charge is 0.484 e. The van der Waals surface area contributed by atoms with Crippen LogP contribution in [0.1, 0.15) is 17.3 Å². The quantitative estimate of drug-likeness (QED) is 0.892. The van der Waals surface area contributed by atoms with Crippen molar-refractivity contribution < 1.29 is 13.9 Å². The molecule has 100 valence electrons. The molecule has 0 spiro atoms. The number of ether oxygens (including phenoxy) is 1. The number of benzene rings is 1. The van der Waals surface area contributed by atoms with Gasteiger partial charge < -0.3 is 14.5 Å². The maximum atomic E-state index is 11.6. The van der Waals surface area contributed by atoms with Gasteiger partial charge in [-0.1, -0.05) is 18.2 Å². The van der Waals surface area contributed by atoms with E-state index in [9.17, 15) is 4.79 Å². The van der Waals surface area contributed by atoms with Crippen LogP contribution in [0.25, 0.3) is 0 Å². The summed E-state index contributed by atoms with van der Waals surface area (Å²) in [7, 11) is 0. The molecule has 0 aliphatic carbocycles. The highest BCUT2D eigenvalue weighted by atomic mass is 16.5. The lowest BCUT2D eigenvalue weighted by molar-refractivity contribution is -0.123. The number of rotatable bonds is 5. The van der Waals surface area contributed by atoms with E-state index >= 15 is 0 Å². The monoisotopic (exact) mass is 260 g/mol. The van der Waals surface area contributed by atoms with Gasteiger partial charge in [-0.25, -0.2) is 4.98 Å². The summed E-state index contributed by atoms with van der Waals surface area (Å²) in [6.07, 6.45) is 0. The van der Waals surface area contributed by atoms with Crippen molar-refractivity contribution in [2.45, 2.75) is 20.4 Å². The van der Waals surface area contributed by atoms with Crippen molar-refractivity contribution in [1.82, 2.24) is 10.3 Å². The Balaban J connectivity index is 1.77. The van der Waals surface area contributed by atoms with Crippen LogP contribution < -0.4 is 10.1 Å². The Bertz CT molecular complexity index is 549. The maximum absolute atomic E-state index is 11.6. The topological polar surface area (TPSA) is 64.4 Å². The fourth-order valence-corrected chi connectivity index (χ4v) is 1.63. The van der Waals surface area contributed by atoms with Gasteiger partial charge in [-0.2, -0.15) is 0 Å². The molecule has 0 aliphatic heterocycles. The Kier molecular flexibility index (Phi) is 4.18. The van der Waals surface area contributed by atoms with Crippen molar-refractivity contribution >= 4 is 5.91 Å². The SMILES string of the molecule is Cc1nc(C)c(CNC(=O)COc2ccccc2)o1. The van der Waals surface area contributed by atoms with Crippen LogP contribution in [0.2, 0.25) is 0 Å². The van der Waals surface area contributed by atoms with E-state index in [0.29, 0.717) is 23.9 Å². The van der Waals surface area contributed by atoms with E-state index in [4.69, 9.17) is 9.15 Å². The van der Waals surface area contributed by atoms with Crippen molar-refractivity contribution in [2.24, 2.45) is 0 Å². The summed E-state index contributed by atoms with van der Waals surface area (Å²) in [5, 5.41) is 2.73. The molecule has 19 heavy (non-hydrogen) atoms. The highest BCUT2D eigenvalue weighted by Gasteiger charge is 2.08. The van der Waals surface area contributed by atoms with E-state index in [-0.39, 0.29) is 12.5 Å². The molecule has 1 aromatic heterocycles. The zero-order valence-electron chi connectivity index (χ0n) is 11.0. The number of hydrogen-bond acceptors (Lipinski definition) is 4. The fraction of sp³-hybridized carbons (Fsp3) is 0.286. The Hall–Kier alpha value is -2.30. The second kappa shape index (κ2) is 6.04. The molecule has 2 rings (SSSR count). The van der Waals surface area contributed by atoms with Crippen LogP contribution in [0.3, 0.4) is 0 Å². The molecule has 0 aliphatic rings. The first-order valence-corrected chi connectivity index (χ1v) is 6.02. The number of aryl methyl sites for hydroxylation is 2. The third kappa shape index (κ3) is 3.84. The van der Waals surface area contributed by atoms with Crippen molar-refractivity contribution in [3.63, 3.8) is 0 Å². The summed E-state index contributed by atoms with van der Waals surface area (Å²) < 4.78 is 10.7. The van der Waals surface area contributed by atoms with Crippen LogP contribution in [0, 0.1) is 13.8 Å². The molecule has 1 heterocycles. The van der Waals surface area contributed by atoms with Gasteiger partial charge in [0.25, 0.3) is 5.91 Å². The number of carbonyl (C=O) groups is 1. The zero-order chi connectivity index (χ0) is 13.7. The molecule has 0 saturated heterocycles. The van der Waals surface area contributed by atoms with Crippen molar-refractivity contribution in [3.8, 4) is 5.75 Å². The molecule has 1 amide bonds. The number of nitrogens with one attached hydrogen (secondary N) is 1. The van der Waals surface area contributed by atoms with Gasteiger partial charge in [0.2, 0.25) is 0 Å². The van der Waals surface area contributed by atoms with E-state index in [2.05, 4.69) is 10.3 Å². The third-order valence-electron chi connectivity index (χ3n) is 2.56. The summed E-state index contributed by atoms with van der Waals surface area (Å²) in [6, 6.07) is 9.21. The van der Waals surface area contributed by atoms with Gasteiger partial charge in [0.05, 0.1) is 12.2 Å². The van der Waals surface area contributed by atoms with Gasteiger partial charge in [-0.3, -0.25) is 4.79 Å². The number of hydrogen-bond donors (Lipinski definition) is 1. The van der Waals surface area contributed by atoms with Crippen LogP contribution >= 0.6 is 0 Å². The molecule has 5 nitrogen and oxygen atoms in total. The first-order chi connectivity index (χ1) is 9.15. The summed E-state index contributed by atoms with van der Waals surface area (Å²) in [5.41, 5.74) is 0.793. The van der Waals surface area contributed by atoms with Crippen molar-refractivity contribution in [2.75, 3.05) is 6.61 Å². The first-order valence-electron chi connectivity index (χ1n) is 6.02. The second-order valence-corrected chi connectivity index (χ2v) is 4.12. The molecule has 5 heteroatoms. The Morgan fingerprint density at radius 2 is 2.05 bits per heavy atom. The van der Waals surface area contributed by atoms with E-state index in [1.165, 1.54) is 0 Å². The number of para-hydroxylation sites is 1. The lowest BCUT2D eigenvalue weighted by Crippen LogP contribution is -2.28. The smallest absolute Gasteiger partial charge is 0.258 e. The molecule has 2 aromatic rings. The summed E-state index contributed by atoms with van der Waals surface area (Å²) in [6.45, 7) is 3.93. The van der Waals surface area contributed by atoms with Gasteiger partial charge >= 0.3 is 0 Å². The predicted molar refractivity (Wildman–Crippen MR) is 69.8 cm³/mol. The van der Waals surface area contributed by atoms with E-state index in [1.807, 2.05) is 25.1 Å². The maximum Gasteiger partial charge on any atom is 0.258 e. The highest BCUT2D eigenvalue weighted by molar-refractivity contribution is 5.77. The number of carbonyl (C=O) groups excluding carboxylic acids is 1. The van der Waals surface area contributed by atoms with Gasteiger partial charge in [0, 0.05) is 6.92 Å². The number of aromatic nitrogens is 1. The van der Waals surface area contributed by atoms with Gasteiger partial charge in [0.15, 0.2) is 12.5 Å². The lowest BCUT2D eigenvalue weighted by Gasteiger charge is -2.06. The number of amides is 1. The van der Waals surface area contributed by atoms with Gasteiger partial charge in [-0.15, -0.1) is 0 Å². The van der Waals surface area contributed by atoms with E-state index in [0.717, 1.165) is 5.69 Å². The molecule has 0 bridgehead atoms. The minimum absolute atomic E-state index is 0.0177. The van der Waals surface area contributed by atoms with Crippen molar-refractivity contribution in [3.05, 3.63) is 47.7 Å². The second-order valence-electron chi connectivity index (χ2n) is 4.12. The Labute approximate surface area is 111 Å². The summed E-state index contributed by atoms with van der Waals surface area (Å²) >= 11 is 0. The van der Waals surface area contributed by atoms with Crippen LogP contribution in [-0.4, -0.2) is 17.5 Å². The van der Waals surface area contributed by atoms with Gasteiger partial charge in [0.1, 0.15) is 11.5 Å². The normalized spacial score (nSPS) is 10.2. The minimum atomic E-state index is -0.197. The Morgan fingerprint density at radius 3 is 2.68 bits per heavy atom. The molecule has 0 atom stereocenters. The zero-order valence-corrected chi connectivity index (χ0v) is 11.0. The molecule has 0 unspecified atom stereocenters. The fourth-order valence-electron chi connectivity index (χ4n) is 1.63. The van der Waals surface area contributed by atoms with Crippen molar-refractivity contribution in [1.29, 1.82) is 0 Å². The average Bonchev–Trinajstić information content (AvgIpc) is 2.73. The predicted octanol–water partition coefficient (Wildman–Crippen LogP) is 1.99. The van der Waals surface area contributed by atoms with Crippen LogP contribution in [0.4, 0.5) is 0 Å². The van der Waals surface area contributed by atoms with E-state index < -0.39 is 0 Å². The van der Waals surface area contributed by atoms with E-state index in [1.54, 1.807) is 19.1 Å². The molecular formula is C14H16N2O3. The number of oxazole rings is 1. The summed E-state index contributed by atoms with van der Waals surface area (Å²) in [4.78, 5) is 15.7. The lowest BCUT2D eigenvalue weighted by atomic mass is 10.3. The molecule has 1 aromatic carbocycles. The molecular weight excluding hydrogens is 244 g/mol. The Morgan fingerprint density at radius 1 is 1.32 bits per heavy atom. The van der Waals surface area contributed by atoms with Crippen LogP contribution in [0.15, 0.2) is 34.7 Å². The highest BCUT2D eigenvalue weighted by Crippen LogP contribution is 2.09. The first kappa shape index (κ1) is 13.1. The molecule has 1 N–H and O–H groups in total. The summed E-state index contributed by atoms with van der Waals surface area (Å²) in [5.74, 6) is 1.74. The molecule has 0 radical (unpaired) electrons. The molecule has 0 fully saturated rings. The minimum Gasteiger partial charge on any atom is -0.484 e. The average molecular weight is 260 g/mol. The molecule has 0 saturated carbocycles.